The zero-order valence-corrected chi connectivity index (χ0v) is 13.7. The third kappa shape index (κ3) is 3.60. The van der Waals surface area contributed by atoms with Gasteiger partial charge in [-0.15, -0.1) is 0 Å². The summed E-state index contributed by atoms with van der Waals surface area (Å²) in [6.07, 6.45) is 10.5. The van der Waals surface area contributed by atoms with E-state index in [9.17, 15) is 4.79 Å². The summed E-state index contributed by atoms with van der Waals surface area (Å²) < 4.78 is 3.70. The molecule has 0 unspecified atom stereocenters. The predicted molar refractivity (Wildman–Crippen MR) is 92.4 cm³/mol. The second kappa shape index (κ2) is 6.95. The molecule has 1 amide bonds. The lowest BCUT2D eigenvalue weighted by Crippen LogP contribution is -2.21. The topological polar surface area (TPSA) is 64.7 Å². The minimum atomic E-state index is -0.143. The normalized spacial score (nSPS) is 11.1. The number of carbonyl (C=O) groups excluding carboxylic acids is 1. The summed E-state index contributed by atoms with van der Waals surface area (Å²) in [4.78, 5) is 16.3. The van der Waals surface area contributed by atoms with Gasteiger partial charge in [0.25, 0.3) is 0 Å². The standard InChI is InChI=1S/C18H19N5O/c1-14-19-9-10-23(14)17-6-4-3-5-16(17)12-20-18(24)8-7-15-11-21-22(2)13-15/h3-11,13H,12H2,1-2H3,(H,20,24). The lowest BCUT2D eigenvalue weighted by Gasteiger charge is -2.12. The van der Waals surface area contributed by atoms with Gasteiger partial charge in [0, 0.05) is 43.8 Å². The van der Waals surface area contributed by atoms with E-state index in [1.54, 1.807) is 23.2 Å². The molecular formula is C18H19N5O. The largest absolute Gasteiger partial charge is 0.348 e. The van der Waals surface area contributed by atoms with Crippen LogP contribution >= 0.6 is 0 Å². The first-order valence-corrected chi connectivity index (χ1v) is 7.66. The Morgan fingerprint density at radius 1 is 1.33 bits per heavy atom. The number of nitrogens with zero attached hydrogens (tertiary/aromatic N) is 4. The third-order valence-electron chi connectivity index (χ3n) is 3.68. The van der Waals surface area contributed by atoms with Gasteiger partial charge in [-0.1, -0.05) is 18.2 Å². The van der Waals surface area contributed by atoms with Crippen LogP contribution in [-0.2, 0) is 18.4 Å². The molecule has 3 aromatic rings. The highest BCUT2D eigenvalue weighted by Crippen LogP contribution is 2.16. The number of hydrogen-bond acceptors (Lipinski definition) is 3. The number of para-hydroxylation sites is 1. The lowest BCUT2D eigenvalue weighted by molar-refractivity contribution is -0.116. The van der Waals surface area contributed by atoms with Gasteiger partial charge in [0.1, 0.15) is 5.82 Å². The molecule has 6 heteroatoms. The molecule has 122 valence electrons. The van der Waals surface area contributed by atoms with Gasteiger partial charge in [0.15, 0.2) is 0 Å². The zero-order valence-electron chi connectivity index (χ0n) is 13.7. The van der Waals surface area contributed by atoms with Crippen molar-refractivity contribution >= 4 is 12.0 Å². The molecule has 24 heavy (non-hydrogen) atoms. The van der Waals surface area contributed by atoms with Crippen LogP contribution < -0.4 is 5.32 Å². The van der Waals surface area contributed by atoms with Crippen molar-refractivity contribution in [2.75, 3.05) is 0 Å². The number of nitrogens with one attached hydrogen (secondary N) is 1. The number of aryl methyl sites for hydroxylation is 2. The number of imidazole rings is 1. The second-order valence-corrected chi connectivity index (χ2v) is 5.47. The van der Waals surface area contributed by atoms with Crippen LogP contribution in [0.15, 0.2) is 55.1 Å². The summed E-state index contributed by atoms with van der Waals surface area (Å²) in [6.45, 7) is 2.40. The molecule has 1 N–H and O–H groups in total. The van der Waals surface area contributed by atoms with Gasteiger partial charge in [0.05, 0.1) is 11.9 Å². The number of hydrogen-bond donors (Lipinski definition) is 1. The summed E-state index contributed by atoms with van der Waals surface area (Å²) in [5.41, 5.74) is 2.94. The third-order valence-corrected chi connectivity index (χ3v) is 3.68. The van der Waals surface area contributed by atoms with Crippen LogP contribution in [0.3, 0.4) is 0 Å². The second-order valence-electron chi connectivity index (χ2n) is 5.47. The van der Waals surface area contributed by atoms with Crippen LogP contribution in [0.5, 0.6) is 0 Å². The van der Waals surface area contributed by atoms with Gasteiger partial charge in [-0.2, -0.15) is 5.10 Å². The van der Waals surface area contributed by atoms with Crippen molar-refractivity contribution < 1.29 is 4.79 Å². The maximum absolute atomic E-state index is 12.0. The van der Waals surface area contributed by atoms with Crippen molar-refractivity contribution in [3.63, 3.8) is 0 Å². The summed E-state index contributed by atoms with van der Waals surface area (Å²) in [5.74, 6) is 0.765. The van der Waals surface area contributed by atoms with Crippen LogP contribution in [0.4, 0.5) is 0 Å². The molecule has 0 saturated carbocycles. The van der Waals surface area contributed by atoms with E-state index in [4.69, 9.17) is 0 Å². The van der Waals surface area contributed by atoms with E-state index in [1.165, 1.54) is 6.08 Å². The first-order chi connectivity index (χ1) is 11.6. The molecule has 0 fully saturated rings. The van der Waals surface area contributed by atoms with Gasteiger partial charge in [-0.3, -0.25) is 9.48 Å². The van der Waals surface area contributed by atoms with E-state index < -0.39 is 0 Å². The van der Waals surface area contributed by atoms with E-state index >= 15 is 0 Å². The van der Waals surface area contributed by atoms with Gasteiger partial charge in [0.2, 0.25) is 5.91 Å². The number of carbonyl (C=O) groups is 1. The quantitative estimate of drug-likeness (QED) is 0.733. The molecule has 0 radical (unpaired) electrons. The van der Waals surface area contributed by atoms with E-state index in [0.29, 0.717) is 6.54 Å². The fraction of sp³-hybridized carbons (Fsp3) is 0.167. The Bertz CT molecular complexity index is 875. The monoisotopic (exact) mass is 321 g/mol. The molecule has 0 aliphatic rings. The minimum absolute atomic E-state index is 0.143. The molecule has 2 heterocycles. The predicted octanol–water partition coefficient (Wildman–Crippen LogP) is 2.24. The van der Waals surface area contributed by atoms with Crippen LogP contribution in [0.25, 0.3) is 11.8 Å². The fourth-order valence-corrected chi connectivity index (χ4v) is 2.47. The summed E-state index contributed by atoms with van der Waals surface area (Å²) in [7, 11) is 1.84. The van der Waals surface area contributed by atoms with E-state index in [-0.39, 0.29) is 5.91 Å². The van der Waals surface area contributed by atoms with Crippen molar-refractivity contribution in [3.05, 3.63) is 72.1 Å². The first kappa shape index (κ1) is 15.7. The number of aromatic nitrogens is 4. The van der Waals surface area contributed by atoms with Crippen LogP contribution in [0.1, 0.15) is 17.0 Å². The van der Waals surface area contributed by atoms with Gasteiger partial charge < -0.3 is 9.88 Å². The number of benzene rings is 1. The molecule has 0 atom stereocenters. The van der Waals surface area contributed by atoms with Gasteiger partial charge in [-0.05, 0) is 24.6 Å². The lowest BCUT2D eigenvalue weighted by atomic mass is 10.1. The molecule has 0 aliphatic heterocycles. The summed E-state index contributed by atoms with van der Waals surface area (Å²) in [5, 5.41) is 6.97. The molecule has 3 rings (SSSR count). The van der Waals surface area contributed by atoms with Crippen molar-refractivity contribution in [3.8, 4) is 5.69 Å². The molecule has 6 nitrogen and oxygen atoms in total. The first-order valence-electron chi connectivity index (χ1n) is 7.66. The van der Waals surface area contributed by atoms with Crippen molar-refractivity contribution in [1.82, 2.24) is 24.6 Å². The Morgan fingerprint density at radius 3 is 2.88 bits per heavy atom. The highest BCUT2D eigenvalue weighted by molar-refractivity contribution is 5.91. The highest BCUT2D eigenvalue weighted by Gasteiger charge is 2.07. The van der Waals surface area contributed by atoms with E-state index in [1.807, 2.05) is 55.2 Å². The molecule has 0 spiro atoms. The maximum atomic E-state index is 12.0. The Hall–Kier alpha value is -3.15. The van der Waals surface area contributed by atoms with E-state index in [2.05, 4.69) is 15.4 Å². The SMILES string of the molecule is Cc1nccn1-c1ccccc1CNC(=O)C=Cc1cnn(C)c1. The van der Waals surface area contributed by atoms with Crippen molar-refractivity contribution in [2.24, 2.45) is 7.05 Å². The van der Waals surface area contributed by atoms with Crippen molar-refractivity contribution in [2.45, 2.75) is 13.5 Å². The smallest absolute Gasteiger partial charge is 0.244 e. The van der Waals surface area contributed by atoms with Crippen LogP contribution in [0.2, 0.25) is 0 Å². The molecular weight excluding hydrogens is 302 g/mol. The van der Waals surface area contributed by atoms with Crippen molar-refractivity contribution in [1.29, 1.82) is 0 Å². The fourth-order valence-electron chi connectivity index (χ4n) is 2.47. The minimum Gasteiger partial charge on any atom is -0.348 e. The number of rotatable bonds is 5. The molecule has 0 aliphatic carbocycles. The average molecular weight is 321 g/mol. The highest BCUT2D eigenvalue weighted by atomic mass is 16.1. The Labute approximate surface area is 140 Å². The van der Waals surface area contributed by atoms with Gasteiger partial charge >= 0.3 is 0 Å². The Morgan fingerprint density at radius 2 is 2.17 bits per heavy atom. The van der Waals surface area contributed by atoms with Crippen LogP contribution in [-0.4, -0.2) is 25.2 Å². The summed E-state index contributed by atoms with van der Waals surface area (Å²) >= 11 is 0. The Kier molecular flexibility index (Phi) is 4.56. The van der Waals surface area contributed by atoms with Gasteiger partial charge in [-0.25, -0.2) is 4.98 Å². The van der Waals surface area contributed by atoms with E-state index in [0.717, 1.165) is 22.6 Å². The Balaban J connectivity index is 1.68. The molecule has 1 aromatic carbocycles. The zero-order chi connectivity index (χ0) is 16.9. The number of amides is 1. The molecule has 2 aromatic heterocycles. The average Bonchev–Trinajstić information content (AvgIpc) is 3.19. The molecule has 0 saturated heterocycles. The van der Waals surface area contributed by atoms with Crippen LogP contribution in [0, 0.1) is 6.92 Å². The molecule has 0 bridgehead atoms. The summed E-state index contributed by atoms with van der Waals surface area (Å²) in [6, 6.07) is 7.95. The maximum Gasteiger partial charge on any atom is 0.244 e.